The highest BCUT2D eigenvalue weighted by Crippen LogP contribution is 2.31. The predicted molar refractivity (Wildman–Crippen MR) is 58.7 cm³/mol. The molecule has 1 aromatic rings. The SMILES string of the molecule is C[C@](N)(C(=O)O)c1cc(N)c(C(=O)O)cc1O. The zero-order valence-electron chi connectivity index (χ0n) is 8.97. The van der Waals surface area contributed by atoms with Crippen LogP contribution in [0, 0.1) is 0 Å². The molecule has 0 radical (unpaired) electrons. The van der Waals surface area contributed by atoms with Gasteiger partial charge in [0.2, 0.25) is 0 Å². The van der Waals surface area contributed by atoms with Crippen LogP contribution in [0.1, 0.15) is 22.8 Å². The number of anilines is 1. The Morgan fingerprint density at radius 3 is 2.24 bits per heavy atom. The number of benzene rings is 1. The summed E-state index contributed by atoms with van der Waals surface area (Å²) in [6, 6.07) is 1.92. The number of aromatic hydroxyl groups is 1. The van der Waals surface area contributed by atoms with Gasteiger partial charge in [-0.1, -0.05) is 0 Å². The van der Waals surface area contributed by atoms with Gasteiger partial charge in [-0.05, 0) is 19.1 Å². The highest BCUT2D eigenvalue weighted by atomic mass is 16.4. The number of phenolic OH excluding ortho intramolecular Hbond substituents is 1. The zero-order chi connectivity index (χ0) is 13.4. The maximum atomic E-state index is 10.9. The van der Waals surface area contributed by atoms with E-state index in [4.69, 9.17) is 21.7 Å². The van der Waals surface area contributed by atoms with E-state index in [1.807, 2.05) is 0 Å². The summed E-state index contributed by atoms with van der Waals surface area (Å²) in [5, 5.41) is 27.2. The summed E-state index contributed by atoms with van der Waals surface area (Å²) in [5.74, 6) is -3.21. The van der Waals surface area contributed by atoms with Crippen LogP contribution in [0.4, 0.5) is 5.69 Å². The van der Waals surface area contributed by atoms with Gasteiger partial charge in [0, 0.05) is 11.3 Å². The monoisotopic (exact) mass is 240 g/mol. The number of hydrogen-bond donors (Lipinski definition) is 5. The molecule has 0 aromatic heterocycles. The molecule has 0 aliphatic carbocycles. The molecule has 1 aromatic carbocycles. The van der Waals surface area contributed by atoms with Crippen molar-refractivity contribution in [3.05, 3.63) is 23.3 Å². The van der Waals surface area contributed by atoms with E-state index in [1.165, 1.54) is 6.92 Å². The van der Waals surface area contributed by atoms with Crippen molar-refractivity contribution in [1.82, 2.24) is 0 Å². The van der Waals surface area contributed by atoms with Gasteiger partial charge >= 0.3 is 11.9 Å². The lowest BCUT2D eigenvalue weighted by Gasteiger charge is -2.21. The third-order valence-electron chi connectivity index (χ3n) is 2.40. The van der Waals surface area contributed by atoms with Gasteiger partial charge in [0.25, 0.3) is 0 Å². The summed E-state index contributed by atoms with van der Waals surface area (Å²) in [5.41, 5.74) is 8.49. The van der Waals surface area contributed by atoms with Crippen LogP contribution < -0.4 is 11.5 Å². The number of hydrogen-bond acceptors (Lipinski definition) is 5. The molecular weight excluding hydrogens is 228 g/mol. The average Bonchev–Trinajstić information content (AvgIpc) is 2.20. The Labute approximate surface area is 96.3 Å². The van der Waals surface area contributed by atoms with E-state index in [2.05, 4.69) is 0 Å². The molecule has 0 spiro atoms. The molecule has 0 amide bonds. The second-order valence-electron chi connectivity index (χ2n) is 3.77. The largest absolute Gasteiger partial charge is 0.508 e. The summed E-state index contributed by atoms with van der Waals surface area (Å²) in [7, 11) is 0. The van der Waals surface area contributed by atoms with E-state index in [1.54, 1.807) is 0 Å². The van der Waals surface area contributed by atoms with Crippen molar-refractivity contribution in [1.29, 1.82) is 0 Å². The van der Waals surface area contributed by atoms with Crippen LogP contribution >= 0.6 is 0 Å². The summed E-state index contributed by atoms with van der Waals surface area (Å²) < 4.78 is 0. The van der Waals surface area contributed by atoms with Gasteiger partial charge in [-0.25, -0.2) is 9.59 Å². The van der Waals surface area contributed by atoms with Crippen molar-refractivity contribution in [2.45, 2.75) is 12.5 Å². The van der Waals surface area contributed by atoms with Crippen molar-refractivity contribution >= 4 is 17.6 Å². The molecule has 1 rings (SSSR count). The Bertz CT molecular complexity index is 496. The lowest BCUT2D eigenvalue weighted by atomic mass is 9.91. The van der Waals surface area contributed by atoms with Crippen LogP contribution in [0.2, 0.25) is 0 Å². The Morgan fingerprint density at radius 1 is 1.29 bits per heavy atom. The molecule has 92 valence electrons. The number of carboxylic acid groups (broad SMARTS) is 2. The molecule has 7 N–H and O–H groups in total. The lowest BCUT2D eigenvalue weighted by molar-refractivity contribution is -0.143. The van der Waals surface area contributed by atoms with E-state index in [9.17, 15) is 14.7 Å². The molecule has 0 unspecified atom stereocenters. The molecule has 0 aliphatic rings. The maximum absolute atomic E-state index is 10.9. The number of carbonyl (C=O) groups is 2. The summed E-state index contributed by atoms with van der Waals surface area (Å²) in [6.07, 6.45) is 0. The molecule has 0 heterocycles. The number of rotatable bonds is 3. The van der Waals surface area contributed by atoms with Crippen molar-refractivity contribution in [3.8, 4) is 5.75 Å². The van der Waals surface area contributed by atoms with E-state index in [-0.39, 0.29) is 16.8 Å². The molecule has 0 saturated carbocycles. The first-order valence-electron chi connectivity index (χ1n) is 4.56. The Kier molecular flexibility index (Phi) is 2.97. The third kappa shape index (κ3) is 2.13. The number of nitrogen functional groups attached to an aromatic ring is 1. The Balaban J connectivity index is 3.45. The second-order valence-corrected chi connectivity index (χ2v) is 3.77. The molecule has 17 heavy (non-hydrogen) atoms. The second kappa shape index (κ2) is 3.95. The molecular formula is C10H12N2O5. The van der Waals surface area contributed by atoms with Crippen LogP contribution in [0.3, 0.4) is 0 Å². The first kappa shape index (κ1) is 12.8. The fraction of sp³-hybridized carbons (Fsp3) is 0.200. The third-order valence-corrected chi connectivity index (χ3v) is 2.40. The number of nitrogens with two attached hydrogens (primary N) is 2. The Hall–Kier alpha value is -2.28. The minimum Gasteiger partial charge on any atom is -0.508 e. The van der Waals surface area contributed by atoms with E-state index >= 15 is 0 Å². The van der Waals surface area contributed by atoms with Crippen LogP contribution in [-0.4, -0.2) is 27.3 Å². The van der Waals surface area contributed by atoms with Crippen molar-refractivity contribution in [3.63, 3.8) is 0 Å². The van der Waals surface area contributed by atoms with Crippen molar-refractivity contribution < 1.29 is 24.9 Å². The van der Waals surface area contributed by atoms with Gasteiger partial charge in [0.05, 0.1) is 5.56 Å². The van der Waals surface area contributed by atoms with Crippen LogP contribution in [0.5, 0.6) is 5.75 Å². The van der Waals surface area contributed by atoms with Gasteiger partial charge in [0.15, 0.2) is 0 Å². The van der Waals surface area contributed by atoms with Gasteiger partial charge in [-0.3, -0.25) is 0 Å². The van der Waals surface area contributed by atoms with E-state index in [0.717, 1.165) is 12.1 Å². The lowest BCUT2D eigenvalue weighted by Crippen LogP contribution is -2.41. The predicted octanol–water partition coefficient (Wildman–Crippen LogP) is -0.0689. The first-order chi connectivity index (χ1) is 7.67. The van der Waals surface area contributed by atoms with Crippen LogP contribution in [0.25, 0.3) is 0 Å². The standard InChI is InChI=1S/C10H12N2O5/c1-10(12,9(16)17)5-3-6(11)4(8(14)15)2-7(5)13/h2-3,13H,11-12H2,1H3,(H,14,15)(H,16,17)/t10-/m1/s1. The minimum atomic E-state index is -1.85. The van der Waals surface area contributed by atoms with Crippen LogP contribution in [0.15, 0.2) is 12.1 Å². The van der Waals surface area contributed by atoms with Gasteiger partial charge in [-0.2, -0.15) is 0 Å². The summed E-state index contributed by atoms with van der Waals surface area (Å²) >= 11 is 0. The zero-order valence-corrected chi connectivity index (χ0v) is 8.97. The summed E-state index contributed by atoms with van der Waals surface area (Å²) in [4.78, 5) is 21.6. The highest BCUT2D eigenvalue weighted by molar-refractivity contribution is 5.95. The number of aliphatic carboxylic acids is 1. The van der Waals surface area contributed by atoms with Crippen LogP contribution in [-0.2, 0) is 10.3 Å². The topological polar surface area (TPSA) is 147 Å². The van der Waals surface area contributed by atoms with E-state index in [0.29, 0.717) is 0 Å². The van der Waals surface area contributed by atoms with Gasteiger partial charge in [0.1, 0.15) is 11.3 Å². The number of aromatic carboxylic acids is 1. The van der Waals surface area contributed by atoms with Crippen molar-refractivity contribution in [2.24, 2.45) is 5.73 Å². The number of carboxylic acids is 2. The van der Waals surface area contributed by atoms with Gasteiger partial charge < -0.3 is 26.8 Å². The van der Waals surface area contributed by atoms with Gasteiger partial charge in [-0.15, -0.1) is 0 Å². The maximum Gasteiger partial charge on any atom is 0.337 e. The first-order valence-corrected chi connectivity index (χ1v) is 4.56. The van der Waals surface area contributed by atoms with Crippen molar-refractivity contribution in [2.75, 3.05) is 5.73 Å². The number of phenols is 1. The molecule has 7 heteroatoms. The molecule has 0 fully saturated rings. The summed E-state index contributed by atoms with van der Waals surface area (Å²) in [6.45, 7) is 1.17. The highest BCUT2D eigenvalue weighted by Gasteiger charge is 2.34. The molecule has 1 atom stereocenters. The molecule has 7 nitrogen and oxygen atoms in total. The average molecular weight is 240 g/mol. The normalized spacial score (nSPS) is 14.0. The molecule has 0 saturated heterocycles. The quantitative estimate of drug-likeness (QED) is 0.367. The molecule has 0 aliphatic heterocycles. The Morgan fingerprint density at radius 2 is 1.82 bits per heavy atom. The minimum absolute atomic E-state index is 0.146. The fourth-order valence-electron chi connectivity index (χ4n) is 1.32. The fourth-order valence-corrected chi connectivity index (χ4v) is 1.32. The molecule has 0 bridgehead atoms. The van der Waals surface area contributed by atoms with E-state index < -0.39 is 23.2 Å². The smallest absolute Gasteiger partial charge is 0.337 e.